The second kappa shape index (κ2) is 6.29. The second-order valence-electron chi connectivity index (χ2n) is 4.02. The van der Waals surface area contributed by atoms with E-state index in [0.29, 0.717) is 27.6 Å². The predicted octanol–water partition coefficient (Wildman–Crippen LogP) is 4.35. The van der Waals surface area contributed by atoms with E-state index < -0.39 is 0 Å². The van der Waals surface area contributed by atoms with Gasteiger partial charge in [-0.1, -0.05) is 27.5 Å². The third kappa shape index (κ3) is 2.97. The summed E-state index contributed by atoms with van der Waals surface area (Å²) in [5.41, 5.74) is 0.859. The minimum atomic E-state index is -0.198. The quantitative estimate of drug-likeness (QED) is 0.765. The van der Waals surface area contributed by atoms with E-state index in [0.717, 1.165) is 4.47 Å². The van der Waals surface area contributed by atoms with Crippen LogP contribution in [0.15, 0.2) is 40.9 Å². The van der Waals surface area contributed by atoms with Crippen LogP contribution in [-0.2, 0) is 0 Å². The molecule has 0 atom stereocenters. The predicted molar refractivity (Wildman–Crippen MR) is 82.1 cm³/mol. The van der Waals surface area contributed by atoms with Crippen LogP contribution in [0, 0.1) is 0 Å². The van der Waals surface area contributed by atoms with Gasteiger partial charge in [0.2, 0.25) is 0 Å². The lowest BCUT2D eigenvalue weighted by Crippen LogP contribution is -2.05. The van der Waals surface area contributed by atoms with Gasteiger partial charge in [-0.05, 0) is 30.3 Å². The number of hydrogen-bond donors (Lipinski definition) is 0. The van der Waals surface area contributed by atoms with Gasteiger partial charge in [0.15, 0.2) is 5.78 Å². The number of ether oxygens (including phenoxy) is 2. The van der Waals surface area contributed by atoms with E-state index in [9.17, 15) is 4.79 Å². The van der Waals surface area contributed by atoms with E-state index in [1.165, 1.54) is 7.11 Å². The summed E-state index contributed by atoms with van der Waals surface area (Å²) in [5.74, 6) is 0.875. The van der Waals surface area contributed by atoms with Crippen molar-refractivity contribution < 1.29 is 14.3 Å². The van der Waals surface area contributed by atoms with E-state index in [1.54, 1.807) is 43.5 Å². The van der Waals surface area contributed by atoms with Crippen molar-refractivity contribution in [2.75, 3.05) is 14.2 Å². The van der Waals surface area contributed by atoms with Crippen LogP contribution in [0.4, 0.5) is 0 Å². The van der Waals surface area contributed by atoms with Gasteiger partial charge in [-0.25, -0.2) is 0 Å². The second-order valence-corrected chi connectivity index (χ2v) is 5.34. The molecule has 0 aliphatic carbocycles. The zero-order valence-electron chi connectivity index (χ0n) is 10.9. The molecule has 0 spiro atoms. The van der Waals surface area contributed by atoms with Gasteiger partial charge in [-0.15, -0.1) is 0 Å². The minimum Gasteiger partial charge on any atom is -0.497 e. The highest BCUT2D eigenvalue weighted by Gasteiger charge is 2.18. The zero-order valence-corrected chi connectivity index (χ0v) is 13.3. The smallest absolute Gasteiger partial charge is 0.198 e. The van der Waals surface area contributed by atoms with Gasteiger partial charge in [0, 0.05) is 16.1 Å². The van der Waals surface area contributed by atoms with E-state index in [1.807, 2.05) is 0 Å². The van der Waals surface area contributed by atoms with Crippen LogP contribution >= 0.6 is 27.5 Å². The number of benzene rings is 2. The molecule has 0 unspecified atom stereocenters. The van der Waals surface area contributed by atoms with Crippen LogP contribution in [0.3, 0.4) is 0 Å². The van der Waals surface area contributed by atoms with E-state index in [4.69, 9.17) is 21.1 Å². The Morgan fingerprint density at radius 2 is 1.80 bits per heavy atom. The molecule has 0 amide bonds. The molecule has 0 saturated heterocycles. The average Bonchev–Trinajstić information content (AvgIpc) is 2.48. The van der Waals surface area contributed by atoms with Crippen LogP contribution in [0.25, 0.3) is 0 Å². The molecule has 0 aliphatic heterocycles. The lowest BCUT2D eigenvalue weighted by molar-refractivity contribution is 0.103. The monoisotopic (exact) mass is 354 g/mol. The topological polar surface area (TPSA) is 35.5 Å². The third-order valence-corrected chi connectivity index (χ3v) is 3.65. The normalized spacial score (nSPS) is 10.2. The van der Waals surface area contributed by atoms with Gasteiger partial charge in [0.05, 0.1) is 24.8 Å². The summed E-state index contributed by atoms with van der Waals surface area (Å²) in [5, 5.41) is 0.399. The minimum absolute atomic E-state index is 0.198. The molecule has 5 heteroatoms. The summed E-state index contributed by atoms with van der Waals surface area (Å²) in [6, 6.07) is 10.2. The molecule has 3 nitrogen and oxygen atoms in total. The first kappa shape index (κ1) is 14.9. The van der Waals surface area contributed by atoms with Crippen molar-refractivity contribution in [2.24, 2.45) is 0 Å². The Morgan fingerprint density at radius 3 is 2.45 bits per heavy atom. The summed E-state index contributed by atoms with van der Waals surface area (Å²) >= 11 is 9.42. The summed E-state index contributed by atoms with van der Waals surface area (Å²) in [6.45, 7) is 0. The molecular weight excluding hydrogens is 344 g/mol. The summed E-state index contributed by atoms with van der Waals surface area (Å²) < 4.78 is 11.1. The number of methoxy groups -OCH3 is 2. The first-order valence-electron chi connectivity index (χ1n) is 5.78. The van der Waals surface area contributed by atoms with Crippen molar-refractivity contribution in [3.8, 4) is 11.5 Å². The molecule has 0 fully saturated rings. The fraction of sp³-hybridized carbons (Fsp3) is 0.133. The van der Waals surface area contributed by atoms with Crippen LogP contribution < -0.4 is 9.47 Å². The molecule has 0 heterocycles. The van der Waals surface area contributed by atoms with E-state index in [-0.39, 0.29) is 5.78 Å². The molecule has 2 aromatic rings. The molecule has 0 radical (unpaired) electrons. The molecule has 0 aromatic heterocycles. The molecule has 104 valence electrons. The molecular formula is C15H12BrClO3. The fourth-order valence-corrected chi connectivity index (χ4v) is 2.37. The largest absolute Gasteiger partial charge is 0.497 e. The Balaban J connectivity index is 2.50. The Labute approximate surface area is 130 Å². The molecule has 2 aromatic carbocycles. The van der Waals surface area contributed by atoms with Gasteiger partial charge in [-0.3, -0.25) is 4.79 Å². The highest BCUT2D eigenvalue weighted by Crippen LogP contribution is 2.30. The van der Waals surface area contributed by atoms with Crippen LogP contribution in [-0.4, -0.2) is 20.0 Å². The highest BCUT2D eigenvalue weighted by atomic mass is 79.9. The molecule has 0 aliphatic rings. The molecule has 0 N–H and O–H groups in total. The summed E-state index contributed by atoms with van der Waals surface area (Å²) in [4.78, 5) is 12.6. The lowest BCUT2D eigenvalue weighted by Gasteiger charge is -2.10. The Morgan fingerprint density at radius 1 is 1.05 bits per heavy atom. The maximum absolute atomic E-state index is 12.6. The van der Waals surface area contributed by atoms with Crippen molar-refractivity contribution in [3.05, 3.63) is 57.0 Å². The van der Waals surface area contributed by atoms with Gasteiger partial charge in [0.1, 0.15) is 11.5 Å². The molecule has 2 rings (SSSR count). The molecule has 0 saturated carbocycles. The zero-order chi connectivity index (χ0) is 14.7. The van der Waals surface area contributed by atoms with Crippen molar-refractivity contribution in [1.82, 2.24) is 0 Å². The Kier molecular flexibility index (Phi) is 4.68. The van der Waals surface area contributed by atoms with Gasteiger partial charge in [0.25, 0.3) is 0 Å². The molecule has 0 bridgehead atoms. The van der Waals surface area contributed by atoms with Crippen molar-refractivity contribution >= 4 is 33.3 Å². The first-order valence-corrected chi connectivity index (χ1v) is 6.95. The Bertz CT molecular complexity index is 656. The number of rotatable bonds is 4. The van der Waals surface area contributed by atoms with E-state index in [2.05, 4.69) is 15.9 Å². The fourth-order valence-electron chi connectivity index (χ4n) is 1.80. The number of halogens is 2. The number of hydrogen-bond acceptors (Lipinski definition) is 3. The van der Waals surface area contributed by atoms with E-state index >= 15 is 0 Å². The average molecular weight is 356 g/mol. The first-order chi connectivity index (χ1) is 9.56. The standard InChI is InChI=1S/C15H12BrClO3/c1-19-10-4-5-11(14(8-10)20-2)15(18)12-7-9(16)3-6-13(12)17/h3-8H,1-2H3. The van der Waals surface area contributed by atoms with Gasteiger partial charge < -0.3 is 9.47 Å². The SMILES string of the molecule is COc1ccc(C(=O)c2cc(Br)ccc2Cl)c(OC)c1. The van der Waals surface area contributed by atoms with Crippen LogP contribution in [0.1, 0.15) is 15.9 Å². The highest BCUT2D eigenvalue weighted by molar-refractivity contribution is 9.10. The number of carbonyl (C=O) groups is 1. The third-order valence-electron chi connectivity index (χ3n) is 2.83. The van der Waals surface area contributed by atoms with Crippen molar-refractivity contribution in [2.45, 2.75) is 0 Å². The van der Waals surface area contributed by atoms with Crippen LogP contribution in [0.2, 0.25) is 5.02 Å². The maximum Gasteiger partial charge on any atom is 0.198 e. The summed E-state index contributed by atoms with van der Waals surface area (Å²) in [6.07, 6.45) is 0. The van der Waals surface area contributed by atoms with Crippen molar-refractivity contribution in [3.63, 3.8) is 0 Å². The van der Waals surface area contributed by atoms with Crippen LogP contribution in [0.5, 0.6) is 11.5 Å². The van der Waals surface area contributed by atoms with Crippen molar-refractivity contribution in [1.29, 1.82) is 0 Å². The number of ketones is 1. The van der Waals surface area contributed by atoms with Gasteiger partial charge in [-0.2, -0.15) is 0 Å². The maximum atomic E-state index is 12.6. The van der Waals surface area contributed by atoms with Gasteiger partial charge >= 0.3 is 0 Å². The lowest BCUT2D eigenvalue weighted by atomic mass is 10.0. The summed E-state index contributed by atoms with van der Waals surface area (Å²) in [7, 11) is 3.06. The number of carbonyl (C=O) groups excluding carboxylic acids is 1. The Hall–Kier alpha value is -1.52. The molecule has 20 heavy (non-hydrogen) atoms.